The minimum Gasteiger partial charge on any atom is -0.468 e. The summed E-state index contributed by atoms with van der Waals surface area (Å²) in [5, 5.41) is 12.7. The number of terminal acetylenes is 1. The van der Waals surface area contributed by atoms with E-state index in [-0.39, 0.29) is 24.4 Å². The molecule has 1 saturated carbocycles. The molecule has 1 saturated heterocycles. The average Bonchev–Trinajstić information content (AvgIpc) is 3.58. The summed E-state index contributed by atoms with van der Waals surface area (Å²) in [6.07, 6.45) is 17.3. The molecule has 2 rings (SSSR count). The number of likely N-dealkylation sites (tertiary alicyclic amines) is 1. The van der Waals surface area contributed by atoms with Crippen LogP contribution in [-0.2, 0) is 19.1 Å². The molecule has 0 aromatic rings. The molecule has 0 unspecified atom stereocenters. The van der Waals surface area contributed by atoms with Crippen molar-refractivity contribution >= 4 is 18.3 Å². The second kappa shape index (κ2) is 25.7. The van der Waals surface area contributed by atoms with Crippen LogP contribution in [0.3, 0.4) is 0 Å². The Kier molecular flexibility index (Phi) is 27.2. The largest absolute Gasteiger partial charge is 0.468 e. The van der Waals surface area contributed by atoms with Gasteiger partial charge in [-0.15, -0.1) is 32.6 Å². The highest BCUT2D eigenvalue weighted by atomic mass is 16.5. The standard InChI is InChI=1S/C17H28N2O3.C3H6O2.C2H6.C2H4.C2H2/c1-2-3-4-5-6-7-8-16(21)19-12-14(20)11-15(19)17(22)18-13-9-10-13;1-2-5-3-4;3*1-2/h2,13-15,20H,1,3-12H2,(H,18,22);3H,2H2,1H3;1-2H3;1-2H2;1-2H/t14-,15-;;;;/m0..../s1. The van der Waals surface area contributed by atoms with Gasteiger partial charge in [0.05, 0.1) is 12.7 Å². The van der Waals surface area contributed by atoms with Crippen LogP contribution in [0.1, 0.15) is 78.6 Å². The normalized spacial score (nSPS) is 17.6. The van der Waals surface area contributed by atoms with Gasteiger partial charge >= 0.3 is 0 Å². The molecule has 33 heavy (non-hydrogen) atoms. The Morgan fingerprint density at radius 3 is 2.18 bits per heavy atom. The molecule has 7 heteroatoms. The number of rotatable bonds is 11. The number of allylic oxidation sites excluding steroid dienone is 1. The number of unbranched alkanes of at least 4 members (excludes halogenated alkanes) is 4. The number of nitrogens with one attached hydrogen (secondary N) is 1. The first kappa shape index (κ1) is 35.0. The van der Waals surface area contributed by atoms with E-state index in [1.165, 1.54) is 0 Å². The fourth-order valence-corrected chi connectivity index (χ4v) is 2.99. The molecule has 2 N–H and O–H groups in total. The molecule has 2 amide bonds. The molecule has 2 fully saturated rings. The lowest BCUT2D eigenvalue weighted by Gasteiger charge is -2.23. The molecule has 1 heterocycles. The highest BCUT2D eigenvalue weighted by Gasteiger charge is 2.39. The monoisotopic (exact) mass is 466 g/mol. The van der Waals surface area contributed by atoms with E-state index >= 15 is 0 Å². The van der Waals surface area contributed by atoms with Crippen LogP contribution < -0.4 is 5.32 Å². The average molecular weight is 467 g/mol. The van der Waals surface area contributed by atoms with Gasteiger partial charge in [-0.2, -0.15) is 0 Å². The van der Waals surface area contributed by atoms with Crippen LogP contribution in [0.15, 0.2) is 25.8 Å². The molecular formula is C26H46N2O5. The SMILES string of the molecule is C#C.C=C.C=CCCCCCCC(=O)N1C[C@@H](O)C[C@H]1C(=O)NC1CC1.CC.CCOC=O. The van der Waals surface area contributed by atoms with Crippen LogP contribution in [0, 0.1) is 12.8 Å². The molecular weight excluding hydrogens is 420 g/mol. The van der Waals surface area contributed by atoms with Crippen molar-refractivity contribution in [2.24, 2.45) is 0 Å². The molecule has 0 bridgehead atoms. The van der Waals surface area contributed by atoms with Crippen molar-refractivity contribution in [3.05, 3.63) is 25.8 Å². The van der Waals surface area contributed by atoms with Crippen molar-refractivity contribution in [1.82, 2.24) is 10.2 Å². The van der Waals surface area contributed by atoms with Crippen molar-refractivity contribution in [2.45, 2.75) is 96.7 Å². The van der Waals surface area contributed by atoms with E-state index in [9.17, 15) is 19.5 Å². The van der Waals surface area contributed by atoms with Crippen LogP contribution in [0.25, 0.3) is 0 Å². The zero-order valence-corrected chi connectivity index (χ0v) is 21.0. The van der Waals surface area contributed by atoms with Gasteiger partial charge in [0.2, 0.25) is 11.8 Å². The predicted octanol–water partition coefficient (Wildman–Crippen LogP) is 4.01. The van der Waals surface area contributed by atoms with E-state index in [1.807, 2.05) is 19.9 Å². The van der Waals surface area contributed by atoms with Gasteiger partial charge in [0.25, 0.3) is 6.47 Å². The molecule has 190 valence electrons. The van der Waals surface area contributed by atoms with Crippen LogP contribution in [0.2, 0.25) is 0 Å². The molecule has 1 aliphatic heterocycles. The van der Waals surface area contributed by atoms with E-state index < -0.39 is 12.1 Å². The predicted molar refractivity (Wildman–Crippen MR) is 135 cm³/mol. The molecule has 0 radical (unpaired) electrons. The molecule has 0 aromatic carbocycles. The van der Waals surface area contributed by atoms with E-state index in [2.05, 4.69) is 42.6 Å². The third kappa shape index (κ3) is 18.7. The number of carbonyl (C=O) groups is 3. The highest BCUT2D eigenvalue weighted by molar-refractivity contribution is 5.88. The summed E-state index contributed by atoms with van der Waals surface area (Å²) in [5.41, 5.74) is 0. The van der Waals surface area contributed by atoms with E-state index in [0.717, 1.165) is 44.9 Å². The first-order valence-corrected chi connectivity index (χ1v) is 11.8. The Hall–Kier alpha value is -2.59. The fourth-order valence-electron chi connectivity index (χ4n) is 2.99. The van der Waals surface area contributed by atoms with Gasteiger partial charge in [-0.3, -0.25) is 14.4 Å². The highest BCUT2D eigenvalue weighted by Crippen LogP contribution is 2.23. The third-order valence-corrected chi connectivity index (χ3v) is 4.61. The van der Waals surface area contributed by atoms with Gasteiger partial charge in [-0.25, -0.2) is 0 Å². The van der Waals surface area contributed by atoms with E-state index in [4.69, 9.17) is 0 Å². The second-order valence-electron chi connectivity index (χ2n) is 7.03. The number of hydrogen-bond acceptors (Lipinski definition) is 5. The van der Waals surface area contributed by atoms with Gasteiger partial charge in [0.1, 0.15) is 6.04 Å². The number of aliphatic hydroxyl groups is 1. The van der Waals surface area contributed by atoms with Crippen molar-refractivity contribution < 1.29 is 24.2 Å². The van der Waals surface area contributed by atoms with Crippen molar-refractivity contribution in [3.8, 4) is 12.8 Å². The summed E-state index contributed by atoms with van der Waals surface area (Å²) in [4.78, 5) is 35.3. The molecule has 0 aromatic heterocycles. The van der Waals surface area contributed by atoms with Gasteiger partial charge in [-0.05, 0) is 39.0 Å². The molecule has 2 atom stereocenters. The van der Waals surface area contributed by atoms with Crippen LogP contribution in [-0.4, -0.2) is 59.6 Å². The maximum Gasteiger partial charge on any atom is 0.293 e. The lowest BCUT2D eigenvalue weighted by molar-refractivity contribution is -0.138. The smallest absolute Gasteiger partial charge is 0.293 e. The number of ether oxygens (including phenoxy) is 1. The molecule has 1 aliphatic carbocycles. The van der Waals surface area contributed by atoms with Crippen LogP contribution in [0.5, 0.6) is 0 Å². The molecule has 2 aliphatic rings. The van der Waals surface area contributed by atoms with Crippen molar-refractivity contribution in [2.75, 3.05) is 13.2 Å². The Bertz CT molecular complexity index is 532. The quantitative estimate of drug-likeness (QED) is 0.208. The molecule has 7 nitrogen and oxygen atoms in total. The van der Waals surface area contributed by atoms with E-state index in [1.54, 1.807) is 11.8 Å². The summed E-state index contributed by atoms with van der Waals surface area (Å²) in [7, 11) is 0. The second-order valence-corrected chi connectivity index (χ2v) is 7.03. The summed E-state index contributed by atoms with van der Waals surface area (Å²) in [6, 6.07) is -0.198. The minimum atomic E-state index is -0.577. The lowest BCUT2D eigenvalue weighted by Crippen LogP contribution is -2.46. The zero-order valence-electron chi connectivity index (χ0n) is 21.0. The van der Waals surface area contributed by atoms with Crippen molar-refractivity contribution in [1.29, 1.82) is 0 Å². The lowest BCUT2D eigenvalue weighted by atomic mass is 10.1. The number of nitrogens with zero attached hydrogens (tertiary/aromatic N) is 1. The summed E-state index contributed by atoms with van der Waals surface area (Å²) in [6.45, 7) is 16.6. The van der Waals surface area contributed by atoms with E-state index in [0.29, 0.717) is 25.9 Å². The summed E-state index contributed by atoms with van der Waals surface area (Å²) >= 11 is 0. The maximum absolute atomic E-state index is 12.3. The first-order chi connectivity index (χ1) is 16.0. The minimum absolute atomic E-state index is 0.00350. The first-order valence-electron chi connectivity index (χ1n) is 11.8. The van der Waals surface area contributed by atoms with Gasteiger partial charge < -0.3 is 20.1 Å². The Balaban J connectivity index is -0.000000699. The van der Waals surface area contributed by atoms with Crippen LogP contribution >= 0.6 is 0 Å². The van der Waals surface area contributed by atoms with Gasteiger partial charge in [0, 0.05) is 25.4 Å². The summed E-state index contributed by atoms with van der Waals surface area (Å²) < 4.78 is 4.15. The topological polar surface area (TPSA) is 95.9 Å². The number of hydrogen-bond donors (Lipinski definition) is 2. The molecule has 0 spiro atoms. The van der Waals surface area contributed by atoms with Crippen molar-refractivity contribution in [3.63, 3.8) is 0 Å². The Labute approximate surface area is 201 Å². The Morgan fingerprint density at radius 2 is 1.73 bits per heavy atom. The number of amides is 2. The zero-order chi connectivity index (χ0) is 26.1. The number of β-amino-alcohol motifs (C(OH)–C–C–N with tert-alkyl or cyclic N) is 1. The fraction of sp³-hybridized carbons (Fsp3) is 0.654. The number of aliphatic hydroxyl groups excluding tert-OH is 1. The van der Waals surface area contributed by atoms with Gasteiger partial charge in [0.15, 0.2) is 0 Å². The number of carbonyl (C=O) groups excluding carboxylic acids is 3. The third-order valence-electron chi connectivity index (χ3n) is 4.61. The summed E-state index contributed by atoms with van der Waals surface area (Å²) in [5.74, 6) is -0.102. The maximum atomic E-state index is 12.3. The van der Waals surface area contributed by atoms with Crippen LogP contribution in [0.4, 0.5) is 0 Å². The van der Waals surface area contributed by atoms with Gasteiger partial charge in [-0.1, -0.05) is 32.8 Å². The Morgan fingerprint density at radius 1 is 1.15 bits per heavy atom.